The van der Waals surface area contributed by atoms with Gasteiger partial charge < -0.3 is 14.3 Å². The van der Waals surface area contributed by atoms with E-state index in [0.29, 0.717) is 40.4 Å². The molecule has 0 amide bonds. The summed E-state index contributed by atoms with van der Waals surface area (Å²) in [5.41, 5.74) is 5.69. The summed E-state index contributed by atoms with van der Waals surface area (Å²) < 4.78 is 7.22. The minimum Gasteiger partial charge on any atom is -0.461 e. The Morgan fingerprint density at radius 3 is 2.61 bits per heavy atom. The maximum atomic E-state index is 12.2. The molecule has 0 unspecified atom stereocenters. The molecule has 0 spiro atoms. The number of hydrogen-bond acceptors (Lipinski definition) is 4. The average Bonchev–Trinajstić information content (AvgIpc) is 3.25. The number of carbonyl (C=O) groups excluding carboxylic acids is 1. The van der Waals surface area contributed by atoms with Crippen molar-refractivity contribution in [3.8, 4) is 11.4 Å². The number of hydrogen-bond donors (Lipinski definition) is 1. The zero-order valence-electron chi connectivity index (χ0n) is 17.7. The molecule has 8 heteroatoms. The molecule has 0 saturated heterocycles. The zero-order chi connectivity index (χ0) is 22.3. The van der Waals surface area contributed by atoms with Crippen molar-refractivity contribution in [2.24, 2.45) is 0 Å². The molecule has 31 heavy (non-hydrogen) atoms. The van der Waals surface area contributed by atoms with Crippen LogP contribution in [0.2, 0.25) is 10.0 Å². The van der Waals surface area contributed by atoms with Crippen molar-refractivity contribution >= 4 is 40.2 Å². The Balaban J connectivity index is 1.80. The first-order valence-corrected chi connectivity index (χ1v) is 10.7. The number of aromatic nitrogens is 4. The van der Waals surface area contributed by atoms with Crippen LogP contribution in [0.5, 0.6) is 0 Å². The normalized spacial score (nSPS) is 11.3. The largest absolute Gasteiger partial charge is 0.461 e. The van der Waals surface area contributed by atoms with Crippen LogP contribution in [0.25, 0.3) is 22.4 Å². The number of benzene rings is 2. The van der Waals surface area contributed by atoms with Crippen molar-refractivity contribution in [3.05, 3.63) is 68.7 Å². The van der Waals surface area contributed by atoms with Gasteiger partial charge in [0.25, 0.3) is 0 Å². The molecule has 4 rings (SSSR count). The van der Waals surface area contributed by atoms with Crippen molar-refractivity contribution < 1.29 is 9.53 Å². The highest BCUT2D eigenvalue weighted by Crippen LogP contribution is 2.29. The van der Waals surface area contributed by atoms with Crippen LogP contribution >= 0.6 is 23.2 Å². The molecule has 0 saturated carbocycles. The van der Waals surface area contributed by atoms with Gasteiger partial charge in [-0.25, -0.2) is 14.8 Å². The minimum atomic E-state index is -0.432. The molecule has 0 fully saturated rings. The molecule has 0 radical (unpaired) electrons. The molecular weight excluding hydrogens is 435 g/mol. The van der Waals surface area contributed by atoms with E-state index in [9.17, 15) is 4.79 Å². The number of nitrogens with zero attached hydrogens (tertiary/aromatic N) is 3. The van der Waals surface area contributed by atoms with Crippen LogP contribution in [0.3, 0.4) is 0 Å². The second-order valence-electron chi connectivity index (χ2n) is 7.42. The Kier molecular flexibility index (Phi) is 5.77. The lowest BCUT2D eigenvalue weighted by Gasteiger charge is -2.10. The Morgan fingerprint density at radius 1 is 1.13 bits per heavy atom. The molecule has 2 aromatic heterocycles. The molecule has 0 aliphatic carbocycles. The van der Waals surface area contributed by atoms with E-state index in [2.05, 4.69) is 14.5 Å². The number of imidazole rings is 2. The summed E-state index contributed by atoms with van der Waals surface area (Å²) in [5, 5.41) is 1.21. The summed E-state index contributed by atoms with van der Waals surface area (Å²) in [6, 6.07) is 9.54. The summed E-state index contributed by atoms with van der Waals surface area (Å²) in [4.78, 5) is 24.6. The molecule has 0 atom stereocenters. The van der Waals surface area contributed by atoms with Gasteiger partial charge in [-0.15, -0.1) is 0 Å². The first-order chi connectivity index (χ1) is 14.8. The van der Waals surface area contributed by atoms with E-state index in [1.165, 1.54) is 0 Å². The summed E-state index contributed by atoms with van der Waals surface area (Å²) in [7, 11) is 0. The lowest BCUT2D eigenvalue weighted by atomic mass is 10.1. The van der Waals surface area contributed by atoms with Gasteiger partial charge in [0, 0.05) is 21.3 Å². The topological polar surface area (TPSA) is 72.8 Å². The van der Waals surface area contributed by atoms with Gasteiger partial charge in [-0.3, -0.25) is 0 Å². The molecule has 1 N–H and O–H groups in total. The third-order valence-electron chi connectivity index (χ3n) is 5.21. The molecule has 0 bridgehead atoms. The summed E-state index contributed by atoms with van der Waals surface area (Å²) in [6.45, 7) is 8.43. The second kappa shape index (κ2) is 8.36. The first kappa shape index (κ1) is 21.4. The third-order valence-corrected chi connectivity index (χ3v) is 5.79. The number of H-pyrrole nitrogens is 1. The number of esters is 1. The number of aromatic amines is 1. The highest BCUT2D eigenvalue weighted by molar-refractivity contribution is 6.35. The predicted molar refractivity (Wildman–Crippen MR) is 123 cm³/mol. The highest BCUT2D eigenvalue weighted by Gasteiger charge is 2.19. The maximum Gasteiger partial charge on any atom is 0.358 e. The summed E-state index contributed by atoms with van der Waals surface area (Å²) in [6.07, 6.45) is 0. The van der Waals surface area contributed by atoms with E-state index in [1.54, 1.807) is 13.0 Å². The van der Waals surface area contributed by atoms with Crippen LogP contribution < -0.4 is 0 Å². The Morgan fingerprint density at radius 2 is 1.90 bits per heavy atom. The maximum absolute atomic E-state index is 12.2. The SMILES string of the molecule is CCOC(=O)c1nc(-c2cc(C)c3nc(C)n(Cc4ccc(Cl)cc4Cl)c3c2)[nH]c1C. The van der Waals surface area contributed by atoms with Gasteiger partial charge in [-0.05, 0) is 63.1 Å². The zero-order valence-corrected chi connectivity index (χ0v) is 19.2. The van der Waals surface area contributed by atoms with E-state index in [1.807, 2.05) is 45.0 Å². The standard InChI is InChI=1S/C23H22Cl2N4O2/c1-5-31-23(30)21-13(3)26-22(28-21)16-8-12(2)20-19(9-16)29(14(4)27-20)11-15-6-7-17(24)10-18(15)25/h6-10H,5,11H2,1-4H3,(H,26,28). The summed E-state index contributed by atoms with van der Waals surface area (Å²) in [5.74, 6) is 1.06. The lowest BCUT2D eigenvalue weighted by Crippen LogP contribution is -2.06. The van der Waals surface area contributed by atoms with E-state index in [4.69, 9.17) is 32.9 Å². The fourth-order valence-electron chi connectivity index (χ4n) is 3.66. The van der Waals surface area contributed by atoms with Crippen LogP contribution in [-0.4, -0.2) is 32.1 Å². The highest BCUT2D eigenvalue weighted by atomic mass is 35.5. The molecule has 0 aliphatic heterocycles. The molecule has 160 valence electrons. The van der Waals surface area contributed by atoms with Gasteiger partial charge in [0.1, 0.15) is 11.6 Å². The smallest absolute Gasteiger partial charge is 0.358 e. The van der Waals surface area contributed by atoms with E-state index in [0.717, 1.165) is 33.5 Å². The predicted octanol–water partition coefficient (Wildman–Crippen LogP) is 5.88. The number of halogens is 2. The number of ether oxygens (including phenoxy) is 1. The van der Waals surface area contributed by atoms with E-state index >= 15 is 0 Å². The average molecular weight is 457 g/mol. The van der Waals surface area contributed by atoms with E-state index < -0.39 is 5.97 Å². The van der Waals surface area contributed by atoms with Crippen molar-refractivity contribution in [1.82, 2.24) is 19.5 Å². The van der Waals surface area contributed by atoms with Crippen LogP contribution in [0.15, 0.2) is 30.3 Å². The van der Waals surface area contributed by atoms with Gasteiger partial charge in [0.05, 0.1) is 24.2 Å². The molecule has 0 aliphatic rings. The van der Waals surface area contributed by atoms with Crippen LogP contribution in [-0.2, 0) is 11.3 Å². The van der Waals surface area contributed by atoms with Gasteiger partial charge in [0.15, 0.2) is 5.69 Å². The quantitative estimate of drug-likeness (QED) is 0.380. The fraction of sp³-hybridized carbons (Fsp3) is 0.261. The van der Waals surface area contributed by atoms with Crippen molar-refractivity contribution in [2.45, 2.75) is 34.2 Å². The Bertz CT molecular complexity index is 1310. The first-order valence-electron chi connectivity index (χ1n) is 9.94. The molecule has 2 aromatic carbocycles. The van der Waals surface area contributed by atoms with Crippen molar-refractivity contribution in [1.29, 1.82) is 0 Å². The third kappa shape index (κ3) is 4.05. The van der Waals surface area contributed by atoms with Crippen LogP contribution in [0.4, 0.5) is 0 Å². The number of fused-ring (bicyclic) bond motifs is 1. The second-order valence-corrected chi connectivity index (χ2v) is 8.26. The lowest BCUT2D eigenvalue weighted by molar-refractivity contribution is 0.0519. The Labute approximate surface area is 190 Å². The fourth-order valence-corrected chi connectivity index (χ4v) is 4.13. The minimum absolute atomic E-state index is 0.298. The monoisotopic (exact) mass is 456 g/mol. The van der Waals surface area contributed by atoms with E-state index in [-0.39, 0.29) is 0 Å². The number of aryl methyl sites for hydroxylation is 3. The van der Waals surface area contributed by atoms with Crippen LogP contribution in [0, 0.1) is 20.8 Å². The number of rotatable bonds is 5. The molecule has 2 heterocycles. The van der Waals surface area contributed by atoms with Gasteiger partial charge in [-0.2, -0.15) is 0 Å². The van der Waals surface area contributed by atoms with Crippen molar-refractivity contribution in [3.63, 3.8) is 0 Å². The summed E-state index contributed by atoms with van der Waals surface area (Å²) >= 11 is 12.5. The van der Waals surface area contributed by atoms with Gasteiger partial charge in [-0.1, -0.05) is 29.3 Å². The van der Waals surface area contributed by atoms with Gasteiger partial charge >= 0.3 is 5.97 Å². The molecule has 4 aromatic rings. The molecule has 6 nitrogen and oxygen atoms in total. The molecular formula is C23H22Cl2N4O2. The van der Waals surface area contributed by atoms with Crippen LogP contribution in [0.1, 0.15) is 40.1 Å². The number of carbonyl (C=O) groups is 1. The number of nitrogens with one attached hydrogen (secondary N) is 1. The Hall–Kier alpha value is -2.83. The van der Waals surface area contributed by atoms with Gasteiger partial charge in [0.2, 0.25) is 0 Å². The van der Waals surface area contributed by atoms with Crippen molar-refractivity contribution in [2.75, 3.05) is 6.61 Å².